The molecular weight excluding hydrogens is 304 g/mol. The summed E-state index contributed by atoms with van der Waals surface area (Å²) in [6.45, 7) is 6.31. The zero-order chi connectivity index (χ0) is 16.4. The predicted octanol–water partition coefficient (Wildman–Crippen LogP) is 3.88. The molecule has 0 aliphatic rings. The molecule has 5 heteroatoms. The van der Waals surface area contributed by atoms with Gasteiger partial charge in [-0.15, -0.1) is 10.2 Å². The average molecular weight is 324 g/mol. The predicted molar refractivity (Wildman–Crippen MR) is 95.8 cm³/mol. The summed E-state index contributed by atoms with van der Waals surface area (Å²) >= 11 is 1.60. The standard InChI is InChI=1S/C18H20N4S/c1-12-4-8-16(9-5-12)17-20-21-18(22(17)19)23-11-15-7-6-13(2)14(3)10-15/h4-10H,11,19H2,1-3H3. The molecule has 0 atom stereocenters. The molecule has 118 valence electrons. The summed E-state index contributed by atoms with van der Waals surface area (Å²) in [5.41, 5.74) is 6.06. The second-order valence-corrected chi connectivity index (χ2v) is 6.69. The van der Waals surface area contributed by atoms with Crippen LogP contribution >= 0.6 is 11.8 Å². The Bertz CT molecular complexity index is 822. The molecule has 2 N–H and O–H groups in total. The van der Waals surface area contributed by atoms with E-state index < -0.39 is 0 Å². The maximum Gasteiger partial charge on any atom is 0.210 e. The fourth-order valence-corrected chi connectivity index (χ4v) is 3.12. The molecule has 4 nitrogen and oxygen atoms in total. The normalized spacial score (nSPS) is 10.9. The fraction of sp³-hybridized carbons (Fsp3) is 0.222. The van der Waals surface area contributed by atoms with Crippen molar-refractivity contribution in [2.75, 3.05) is 5.84 Å². The molecule has 1 heterocycles. The van der Waals surface area contributed by atoms with E-state index in [0.29, 0.717) is 5.82 Å². The van der Waals surface area contributed by atoms with E-state index in [1.54, 1.807) is 16.4 Å². The van der Waals surface area contributed by atoms with Gasteiger partial charge in [0.15, 0.2) is 5.82 Å². The number of aryl methyl sites for hydroxylation is 3. The molecular formula is C18H20N4S. The number of hydrogen-bond donors (Lipinski definition) is 1. The molecule has 1 aromatic heterocycles. The van der Waals surface area contributed by atoms with E-state index in [1.165, 1.54) is 22.3 Å². The van der Waals surface area contributed by atoms with Crippen LogP contribution in [0.4, 0.5) is 0 Å². The number of nitrogens with two attached hydrogens (primary N) is 1. The summed E-state index contributed by atoms with van der Waals surface area (Å²) in [6, 6.07) is 14.6. The van der Waals surface area contributed by atoms with Crippen molar-refractivity contribution in [3.05, 3.63) is 64.7 Å². The summed E-state index contributed by atoms with van der Waals surface area (Å²) in [4.78, 5) is 0. The third kappa shape index (κ3) is 3.40. The molecule has 3 aromatic rings. The number of thioether (sulfide) groups is 1. The van der Waals surface area contributed by atoms with Crippen LogP contribution in [0.15, 0.2) is 47.6 Å². The Kier molecular flexibility index (Phi) is 4.39. The zero-order valence-corrected chi connectivity index (χ0v) is 14.4. The van der Waals surface area contributed by atoms with Crippen molar-refractivity contribution in [3.8, 4) is 11.4 Å². The Morgan fingerprint density at radius 3 is 2.39 bits per heavy atom. The van der Waals surface area contributed by atoms with Gasteiger partial charge in [0.2, 0.25) is 5.16 Å². The smallest absolute Gasteiger partial charge is 0.210 e. The number of benzene rings is 2. The molecule has 0 aliphatic heterocycles. The second-order valence-electron chi connectivity index (χ2n) is 5.75. The van der Waals surface area contributed by atoms with Gasteiger partial charge in [0.1, 0.15) is 0 Å². The minimum Gasteiger partial charge on any atom is -0.335 e. The molecule has 0 amide bonds. The number of nitrogens with zero attached hydrogens (tertiary/aromatic N) is 3. The maximum atomic E-state index is 6.16. The molecule has 3 rings (SSSR count). The molecule has 0 unspecified atom stereocenters. The Morgan fingerprint density at radius 1 is 0.957 bits per heavy atom. The Morgan fingerprint density at radius 2 is 1.70 bits per heavy atom. The number of aromatic nitrogens is 3. The molecule has 0 bridgehead atoms. The summed E-state index contributed by atoms with van der Waals surface area (Å²) < 4.78 is 1.57. The van der Waals surface area contributed by atoms with Crippen LogP contribution in [0.2, 0.25) is 0 Å². The number of rotatable bonds is 4. The maximum absolute atomic E-state index is 6.16. The van der Waals surface area contributed by atoms with E-state index in [4.69, 9.17) is 5.84 Å². The van der Waals surface area contributed by atoms with Crippen LogP contribution in [0.3, 0.4) is 0 Å². The lowest BCUT2D eigenvalue weighted by molar-refractivity contribution is 0.849. The van der Waals surface area contributed by atoms with E-state index in [0.717, 1.165) is 16.5 Å². The van der Waals surface area contributed by atoms with Crippen LogP contribution in [-0.4, -0.2) is 14.9 Å². The zero-order valence-electron chi connectivity index (χ0n) is 13.6. The highest BCUT2D eigenvalue weighted by atomic mass is 32.2. The lowest BCUT2D eigenvalue weighted by Gasteiger charge is -2.06. The SMILES string of the molecule is Cc1ccc(-c2nnc(SCc3ccc(C)c(C)c3)n2N)cc1. The number of hydrogen-bond acceptors (Lipinski definition) is 4. The van der Waals surface area contributed by atoms with E-state index >= 15 is 0 Å². The van der Waals surface area contributed by atoms with Gasteiger partial charge in [0.05, 0.1) is 0 Å². The molecule has 0 fully saturated rings. The van der Waals surface area contributed by atoms with Gasteiger partial charge >= 0.3 is 0 Å². The highest BCUT2D eigenvalue weighted by Gasteiger charge is 2.12. The van der Waals surface area contributed by atoms with Crippen molar-refractivity contribution in [3.63, 3.8) is 0 Å². The van der Waals surface area contributed by atoms with Gasteiger partial charge in [0, 0.05) is 11.3 Å². The summed E-state index contributed by atoms with van der Waals surface area (Å²) in [5.74, 6) is 7.67. The van der Waals surface area contributed by atoms with E-state index in [2.05, 4.69) is 49.2 Å². The van der Waals surface area contributed by atoms with Gasteiger partial charge in [-0.25, -0.2) is 4.68 Å². The van der Waals surface area contributed by atoms with Crippen LogP contribution in [0.5, 0.6) is 0 Å². The van der Waals surface area contributed by atoms with Crippen molar-refractivity contribution in [2.24, 2.45) is 0 Å². The molecule has 0 spiro atoms. The van der Waals surface area contributed by atoms with Crippen molar-refractivity contribution in [1.82, 2.24) is 14.9 Å². The van der Waals surface area contributed by atoms with E-state index in [-0.39, 0.29) is 0 Å². The van der Waals surface area contributed by atoms with Crippen LogP contribution in [0, 0.1) is 20.8 Å². The third-order valence-electron chi connectivity index (χ3n) is 3.91. The van der Waals surface area contributed by atoms with Crippen LogP contribution in [0.1, 0.15) is 22.3 Å². The quantitative estimate of drug-likeness (QED) is 0.584. The third-order valence-corrected chi connectivity index (χ3v) is 4.93. The first-order valence-corrected chi connectivity index (χ1v) is 8.49. The first-order valence-electron chi connectivity index (χ1n) is 7.51. The second kappa shape index (κ2) is 6.46. The molecule has 0 radical (unpaired) electrons. The molecule has 23 heavy (non-hydrogen) atoms. The van der Waals surface area contributed by atoms with Crippen molar-refractivity contribution in [2.45, 2.75) is 31.7 Å². The minimum atomic E-state index is 0.688. The minimum absolute atomic E-state index is 0.688. The molecule has 0 saturated carbocycles. The van der Waals surface area contributed by atoms with Gasteiger partial charge in [-0.3, -0.25) is 0 Å². The largest absolute Gasteiger partial charge is 0.335 e. The average Bonchev–Trinajstić information content (AvgIpc) is 2.90. The monoisotopic (exact) mass is 324 g/mol. The van der Waals surface area contributed by atoms with Crippen molar-refractivity contribution >= 4 is 11.8 Å². The van der Waals surface area contributed by atoms with Crippen molar-refractivity contribution < 1.29 is 0 Å². The molecule has 0 aliphatic carbocycles. The van der Waals surface area contributed by atoms with Crippen LogP contribution in [-0.2, 0) is 5.75 Å². The Labute approximate surface area is 140 Å². The van der Waals surface area contributed by atoms with Crippen LogP contribution in [0.25, 0.3) is 11.4 Å². The first-order chi connectivity index (χ1) is 11.0. The van der Waals surface area contributed by atoms with Gasteiger partial charge in [0.25, 0.3) is 0 Å². The van der Waals surface area contributed by atoms with Gasteiger partial charge in [-0.2, -0.15) is 0 Å². The highest BCUT2D eigenvalue weighted by molar-refractivity contribution is 7.98. The summed E-state index contributed by atoms with van der Waals surface area (Å²) in [5, 5.41) is 9.17. The van der Waals surface area contributed by atoms with E-state index in [1.807, 2.05) is 24.3 Å². The Hall–Kier alpha value is -2.27. The molecule has 2 aromatic carbocycles. The molecule has 0 saturated heterocycles. The van der Waals surface area contributed by atoms with Crippen molar-refractivity contribution in [1.29, 1.82) is 0 Å². The van der Waals surface area contributed by atoms with E-state index in [9.17, 15) is 0 Å². The summed E-state index contributed by atoms with van der Waals surface area (Å²) in [6.07, 6.45) is 0. The number of nitrogen functional groups attached to an aromatic ring is 1. The summed E-state index contributed by atoms with van der Waals surface area (Å²) in [7, 11) is 0. The van der Waals surface area contributed by atoms with Crippen LogP contribution < -0.4 is 5.84 Å². The first kappa shape index (κ1) is 15.6. The lowest BCUT2D eigenvalue weighted by Crippen LogP contribution is -2.11. The van der Waals surface area contributed by atoms with Gasteiger partial charge in [-0.05, 0) is 37.5 Å². The van der Waals surface area contributed by atoms with Gasteiger partial charge < -0.3 is 5.84 Å². The highest BCUT2D eigenvalue weighted by Crippen LogP contribution is 2.25. The fourth-order valence-electron chi connectivity index (χ4n) is 2.32. The van der Waals surface area contributed by atoms with Gasteiger partial charge in [-0.1, -0.05) is 59.8 Å². The Balaban J connectivity index is 1.76. The lowest BCUT2D eigenvalue weighted by atomic mass is 10.1. The topological polar surface area (TPSA) is 56.7 Å².